The van der Waals surface area contributed by atoms with Crippen molar-refractivity contribution in [2.45, 2.75) is 38.6 Å². The van der Waals surface area contributed by atoms with E-state index in [9.17, 15) is 19.1 Å². The molecule has 0 amide bonds. The second-order valence-electron chi connectivity index (χ2n) is 10.2. The van der Waals surface area contributed by atoms with E-state index in [2.05, 4.69) is 4.98 Å². The van der Waals surface area contributed by atoms with Crippen LogP contribution in [-0.2, 0) is 24.4 Å². The van der Waals surface area contributed by atoms with Crippen LogP contribution in [0.1, 0.15) is 40.2 Å². The Morgan fingerprint density at radius 1 is 1.14 bits per heavy atom. The molecule has 216 valence electrons. The maximum atomic E-state index is 14.2. The zero-order chi connectivity index (χ0) is 29.9. The molecule has 0 bridgehead atoms. The predicted molar refractivity (Wildman–Crippen MR) is 154 cm³/mol. The van der Waals surface area contributed by atoms with E-state index in [-0.39, 0.29) is 41.8 Å². The molecule has 5 aromatic rings. The number of pyridine rings is 2. The van der Waals surface area contributed by atoms with Gasteiger partial charge in [-0.3, -0.25) is 4.79 Å². The minimum Gasteiger partial charge on any atom is -0.478 e. The summed E-state index contributed by atoms with van der Waals surface area (Å²) in [4.78, 5) is 34.0. The zero-order valence-corrected chi connectivity index (χ0v) is 22.9. The normalized spacial score (nSPS) is 14.6. The summed E-state index contributed by atoms with van der Waals surface area (Å²) in [6, 6.07) is 19.2. The quantitative estimate of drug-likeness (QED) is 0.264. The Morgan fingerprint density at radius 2 is 2.02 bits per heavy atom. The first-order valence-corrected chi connectivity index (χ1v) is 13.7. The van der Waals surface area contributed by atoms with E-state index in [0.29, 0.717) is 46.8 Å². The molecule has 0 aliphatic carbocycles. The number of hydrogen-bond acceptors (Lipinski definition) is 7. The highest BCUT2D eigenvalue weighted by atomic mass is 19.1. The number of ether oxygens (including phenoxy) is 2. The Balaban J connectivity index is 1.24. The average molecular weight is 580 g/mol. The molecule has 1 N–H and O–H groups in total. The number of benzene rings is 2. The van der Waals surface area contributed by atoms with Crippen LogP contribution < -0.4 is 10.3 Å². The van der Waals surface area contributed by atoms with Crippen LogP contribution in [0.5, 0.6) is 5.88 Å². The fourth-order valence-electron chi connectivity index (χ4n) is 5.11. The van der Waals surface area contributed by atoms with E-state index >= 15 is 0 Å². The van der Waals surface area contributed by atoms with Gasteiger partial charge in [-0.1, -0.05) is 12.1 Å². The van der Waals surface area contributed by atoms with Crippen molar-refractivity contribution >= 4 is 17.0 Å². The first-order valence-electron chi connectivity index (χ1n) is 13.7. The number of halogens is 1. The number of nitrogens with zero attached hydrogens (tertiary/aromatic N) is 5. The molecule has 1 fully saturated rings. The van der Waals surface area contributed by atoms with E-state index in [1.807, 2.05) is 10.6 Å². The Labute approximate surface area is 245 Å². The number of carboxylic acids is 1. The molecule has 1 atom stereocenters. The largest absolute Gasteiger partial charge is 0.478 e. The Bertz CT molecular complexity index is 1940. The van der Waals surface area contributed by atoms with Crippen LogP contribution in [0, 0.1) is 17.1 Å². The van der Waals surface area contributed by atoms with E-state index in [0.717, 1.165) is 18.9 Å². The summed E-state index contributed by atoms with van der Waals surface area (Å²) in [5, 5.41) is 18.4. The molecule has 1 saturated heterocycles. The summed E-state index contributed by atoms with van der Waals surface area (Å²) in [6.45, 7) is 1.29. The number of hydrogen-bond donors (Lipinski definition) is 1. The van der Waals surface area contributed by atoms with E-state index < -0.39 is 11.8 Å². The van der Waals surface area contributed by atoms with Gasteiger partial charge in [-0.15, -0.1) is 0 Å². The number of fused-ring (bicyclic) bond motifs is 1. The third-order valence-corrected chi connectivity index (χ3v) is 7.37. The van der Waals surface area contributed by atoms with Crippen molar-refractivity contribution in [1.29, 1.82) is 5.26 Å². The molecule has 1 aliphatic rings. The number of imidazole rings is 1. The molecule has 4 heterocycles. The van der Waals surface area contributed by atoms with Gasteiger partial charge in [0.2, 0.25) is 5.88 Å². The van der Waals surface area contributed by atoms with Gasteiger partial charge in [-0.05, 0) is 55.3 Å². The molecule has 0 spiro atoms. The summed E-state index contributed by atoms with van der Waals surface area (Å²) in [5.74, 6) is -0.685. The van der Waals surface area contributed by atoms with Crippen LogP contribution in [-0.4, -0.2) is 42.9 Å². The van der Waals surface area contributed by atoms with Crippen LogP contribution in [0.3, 0.4) is 0 Å². The highest BCUT2D eigenvalue weighted by molar-refractivity contribution is 5.92. The molecule has 2 aromatic carbocycles. The molecular formula is C32H26FN5O5. The van der Waals surface area contributed by atoms with Crippen molar-refractivity contribution < 1.29 is 23.8 Å². The van der Waals surface area contributed by atoms with Gasteiger partial charge in [0.1, 0.15) is 18.2 Å². The number of carboxylic acid groups (broad SMARTS) is 1. The first-order chi connectivity index (χ1) is 20.9. The number of aromatic nitrogens is 4. The molecule has 1 unspecified atom stereocenters. The average Bonchev–Trinajstić information content (AvgIpc) is 3.65. The predicted octanol–water partition coefficient (Wildman–Crippen LogP) is 4.78. The maximum Gasteiger partial charge on any atom is 0.335 e. The summed E-state index contributed by atoms with van der Waals surface area (Å²) < 4.78 is 29.2. The third-order valence-electron chi connectivity index (χ3n) is 7.37. The minimum absolute atomic E-state index is 0.0160. The molecular weight excluding hydrogens is 553 g/mol. The standard InChI is InChI=1S/C32H26FN5O5/c33-25-13-20(16-34)6-7-23(25)19-43-30-5-1-4-26(36-30)21-10-11-37(31(39)15-21)18-29-35-27-9-8-22(32(40)41)14-28(27)38(29)17-24-3-2-12-42-24/h1,4-11,13-15,24H,2-3,12,17-19H2,(H,40,41). The van der Waals surface area contributed by atoms with Gasteiger partial charge in [0, 0.05) is 36.1 Å². The topological polar surface area (TPSA) is 132 Å². The van der Waals surface area contributed by atoms with Crippen LogP contribution in [0.4, 0.5) is 4.39 Å². The first kappa shape index (κ1) is 27.8. The van der Waals surface area contributed by atoms with Crippen LogP contribution in [0.25, 0.3) is 22.3 Å². The molecule has 3 aromatic heterocycles. The lowest BCUT2D eigenvalue weighted by Gasteiger charge is -2.15. The van der Waals surface area contributed by atoms with Crippen LogP contribution in [0.15, 0.2) is 77.7 Å². The van der Waals surface area contributed by atoms with Crippen molar-refractivity contribution in [3.05, 3.63) is 112 Å². The highest BCUT2D eigenvalue weighted by Crippen LogP contribution is 2.24. The molecule has 0 saturated carbocycles. The van der Waals surface area contributed by atoms with E-state index in [4.69, 9.17) is 19.7 Å². The summed E-state index contributed by atoms with van der Waals surface area (Å²) in [5.41, 5.74) is 2.81. The minimum atomic E-state index is -1.02. The summed E-state index contributed by atoms with van der Waals surface area (Å²) in [7, 11) is 0. The smallest absolute Gasteiger partial charge is 0.335 e. The van der Waals surface area contributed by atoms with Gasteiger partial charge in [0.15, 0.2) is 0 Å². The Hall–Kier alpha value is -5.34. The molecule has 1 aliphatic heterocycles. The van der Waals surface area contributed by atoms with E-state index in [1.165, 1.54) is 28.8 Å². The van der Waals surface area contributed by atoms with Crippen LogP contribution in [0.2, 0.25) is 0 Å². The third kappa shape index (κ3) is 6.00. The molecule has 0 radical (unpaired) electrons. The summed E-state index contributed by atoms with van der Waals surface area (Å²) in [6.07, 6.45) is 3.50. The van der Waals surface area contributed by atoms with Gasteiger partial charge in [-0.2, -0.15) is 5.26 Å². The van der Waals surface area contributed by atoms with Crippen molar-refractivity contribution in [2.24, 2.45) is 0 Å². The van der Waals surface area contributed by atoms with Crippen molar-refractivity contribution in [1.82, 2.24) is 19.1 Å². The lowest BCUT2D eigenvalue weighted by molar-refractivity contribution is 0.0697. The number of aromatic carboxylic acids is 1. The van der Waals surface area contributed by atoms with Gasteiger partial charge in [0.25, 0.3) is 5.56 Å². The molecule has 43 heavy (non-hydrogen) atoms. The fraction of sp³-hybridized carbons (Fsp3) is 0.219. The Morgan fingerprint density at radius 3 is 2.77 bits per heavy atom. The lowest BCUT2D eigenvalue weighted by Crippen LogP contribution is -2.23. The molecule has 6 rings (SSSR count). The second-order valence-corrected chi connectivity index (χ2v) is 10.2. The lowest BCUT2D eigenvalue weighted by atomic mass is 10.1. The molecule has 10 nitrogen and oxygen atoms in total. The Kier molecular flexibility index (Phi) is 7.68. The zero-order valence-electron chi connectivity index (χ0n) is 22.9. The second kappa shape index (κ2) is 11.9. The molecule has 11 heteroatoms. The number of nitriles is 1. The number of carbonyl (C=O) groups is 1. The van der Waals surface area contributed by atoms with Gasteiger partial charge in [0.05, 0.1) is 53.1 Å². The summed E-state index contributed by atoms with van der Waals surface area (Å²) >= 11 is 0. The SMILES string of the molecule is N#Cc1ccc(COc2cccc(-c3ccn(Cc4nc5ccc(C(=O)O)cc5n4CC4CCCO4)c(=O)c3)n2)c(F)c1. The van der Waals surface area contributed by atoms with Crippen LogP contribution >= 0.6 is 0 Å². The van der Waals surface area contributed by atoms with Crippen molar-refractivity contribution in [2.75, 3.05) is 6.61 Å². The highest BCUT2D eigenvalue weighted by Gasteiger charge is 2.21. The number of rotatable bonds is 9. The van der Waals surface area contributed by atoms with Crippen molar-refractivity contribution in [3.8, 4) is 23.2 Å². The monoisotopic (exact) mass is 579 g/mol. The fourth-order valence-corrected chi connectivity index (χ4v) is 5.11. The maximum absolute atomic E-state index is 14.2. The van der Waals surface area contributed by atoms with Gasteiger partial charge < -0.3 is 23.7 Å². The van der Waals surface area contributed by atoms with E-state index in [1.54, 1.807) is 42.6 Å². The van der Waals surface area contributed by atoms with Gasteiger partial charge >= 0.3 is 5.97 Å². The van der Waals surface area contributed by atoms with Gasteiger partial charge in [-0.25, -0.2) is 19.2 Å². The van der Waals surface area contributed by atoms with Crippen molar-refractivity contribution in [3.63, 3.8) is 0 Å².